The van der Waals surface area contributed by atoms with Crippen molar-refractivity contribution in [3.63, 3.8) is 0 Å². The normalized spacial score (nSPS) is 18.8. The molecule has 2 rings (SSSR count). The third-order valence-electron chi connectivity index (χ3n) is 3.40. The molecule has 4 nitrogen and oxygen atoms in total. The Kier molecular flexibility index (Phi) is 3.89. The van der Waals surface area contributed by atoms with Crippen molar-refractivity contribution in [2.24, 2.45) is 11.8 Å². The number of hydrogen-bond donors (Lipinski definition) is 2. The molecule has 1 saturated carbocycles. The van der Waals surface area contributed by atoms with Crippen LogP contribution >= 0.6 is 11.5 Å². The number of rotatable bonds is 5. The van der Waals surface area contributed by atoms with Gasteiger partial charge in [0.15, 0.2) is 0 Å². The van der Waals surface area contributed by atoms with Gasteiger partial charge in [0.05, 0.1) is 16.6 Å². The first-order valence-corrected chi connectivity index (χ1v) is 6.78. The van der Waals surface area contributed by atoms with Crippen LogP contribution in [0.2, 0.25) is 0 Å². The van der Waals surface area contributed by atoms with Crippen molar-refractivity contribution < 1.29 is 0 Å². The molecule has 1 fully saturated rings. The molecule has 0 aromatic carbocycles. The maximum absolute atomic E-state index is 5.66. The van der Waals surface area contributed by atoms with Crippen molar-refractivity contribution >= 4 is 11.5 Å². The van der Waals surface area contributed by atoms with Gasteiger partial charge >= 0.3 is 0 Å². The first kappa shape index (κ1) is 12.0. The quantitative estimate of drug-likeness (QED) is 0.612. The summed E-state index contributed by atoms with van der Waals surface area (Å²) in [6, 6.07) is 0.239. The molecule has 0 radical (unpaired) electrons. The summed E-state index contributed by atoms with van der Waals surface area (Å²) in [5, 5.41) is 4.21. The van der Waals surface area contributed by atoms with Crippen LogP contribution in [0.3, 0.4) is 0 Å². The Balaban J connectivity index is 2.08. The Morgan fingerprint density at radius 1 is 1.50 bits per heavy atom. The van der Waals surface area contributed by atoms with E-state index in [0.29, 0.717) is 5.92 Å². The summed E-state index contributed by atoms with van der Waals surface area (Å²) in [4.78, 5) is 1.23. The molecule has 0 spiro atoms. The molecular weight excluding hydrogens is 220 g/mol. The van der Waals surface area contributed by atoms with Gasteiger partial charge in [-0.2, -0.15) is 0 Å². The van der Waals surface area contributed by atoms with Crippen molar-refractivity contribution in [1.82, 2.24) is 15.0 Å². The number of nitrogens with two attached hydrogens (primary N) is 1. The van der Waals surface area contributed by atoms with E-state index < -0.39 is 0 Å². The van der Waals surface area contributed by atoms with Crippen molar-refractivity contribution in [3.05, 3.63) is 10.6 Å². The zero-order valence-corrected chi connectivity index (χ0v) is 10.8. The summed E-state index contributed by atoms with van der Waals surface area (Å²) >= 11 is 1.48. The molecule has 5 heteroatoms. The number of aromatic nitrogens is 2. The molecule has 0 bridgehead atoms. The van der Waals surface area contributed by atoms with Crippen molar-refractivity contribution in [2.75, 3.05) is 0 Å². The Labute approximate surface area is 101 Å². The van der Waals surface area contributed by atoms with E-state index in [1.165, 1.54) is 35.7 Å². The topological polar surface area (TPSA) is 63.8 Å². The molecule has 1 aromatic rings. The lowest BCUT2D eigenvalue weighted by Crippen LogP contribution is -2.31. The number of nitrogens with one attached hydrogen (secondary N) is 1. The Morgan fingerprint density at radius 3 is 2.75 bits per heavy atom. The minimum absolute atomic E-state index is 0.239. The van der Waals surface area contributed by atoms with Crippen LogP contribution in [0.1, 0.15) is 62.1 Å². The molecule has 90 valence electrons. The standard InChI is InChI=1S/C11H20N4S/c1-7(2)10-11(16-15-14-10)9(13-12)6-8-4-3-5-8/h7-9,13H,3-6,12H2,1-2H3. The molecule has 1 heterocycles. The highest BCUT2D eigenvalue weighted by molar-refractivity contribution is 7.05. The zero-order valence-electron chi connectivity index (χ0n) is 9.94. The summed E-state index contributed by atoms with van der Waals surface area (Å²) in [6.45, 7) is 4.30. The lowest BCUT2D eigenvalue weighted by Gasteiger charge is -2.29. The summed E-state index contributed by atoms with van der Waals surface area (Å²) in [7, 11) is 0. The average Bonchev–Trinajstić information content (AvgIpc) is 2.65. The summed E-state index contributed by atoms with van der Waals surface area (Å²) < 4.78 is 4.06. The first-order chi connectivity index (χ1) is 7.72. The van der Waals surface area contributed by atoms with Crippen molar-refractivity contribution in [2.45, 2.75) is 51.5 Å². The van der Waals surface area contributed by atoms with Gasteiger partial charge in [-0.15, -0.1) is 5.10 Å². The van der Waals surface area contributed by atoms with Crippen LogP contribution in [0.15, 0.2) is 0 Å². The zero-order chi connectivity index (χ0) is 11.5. The smallest absolute Gasteiger partial charge is 0.0829 e. The third-order valence-corrected chi connectivity index (χ3v) is 4.25. The highest BCUT2D eigenvalue weighted by atomic mass is 32.1. The fourth-order valence-corrected chi connectivity index (χ4v) is 3.04. The highest BCUT2D eigenvalue weighted by Gasteiger charge is 2.26. The molecule has 3 N–H and O–H groups in total. The van der Waals surface area contributed by atoms with Gasteiger partial charge in [0.25, 0.3) is 0 Å². The monoisotopic (exact) mass is 240 g/mol. The van der Waals surface area contributed by atoms with Crippen LogP contribution in [0.5, 0.6) is 0 Å². The lowest BCUT2D eigenvalue weighted by molar-refractivity contribution is 0.262. The van der Waals surface area contributed by atoms with Crippen LogP contribution in [-0.2, 0) is 0 Å². The van der Waals surface area contributed by atoms with Crippen LogP contribution in [0, 0.1) is 5.92 Å². The molecule has 16 heavy (non-hydrogen) atoms. The number of nitrogens with zero attached hydrogens (tertiary/aromatic N) is 2. The molecule has 1 atom stereocenters. The fraction of sp³-hybridized carbons (Fsp3) is 0.818. The van der Waals surface area contributed by atoms with E-state index in [1.807, 2.05) is 0 Å². The summed E-state index contributed by atoms with van der Waals surface area (Å²) in [5.41, 5.74) is 4.03. The molecule has 1 aromatic heterocycles. The summed E-state index contributed by atoms with van der Waals surface area (Å²) in [5.74, 6) is 6.92. The van der Waals surface area contributed by atoms with E-state index in [1.54, 1.807) is 0 Å². The van der Waals surface area contributed by atoms with Crippen LogP contribution < -0.4 is 11.3 Å². The van der Waals surface area contributed by atoms with Gasteiger partial charge in [0.1, 0.15) is 0 Å². The lowest BCUT2D eigenvalue weighted by atomic mass is 9.80. The van der Waals surface area contributed by atoms with Crippen molar-refractivity contribution in [3.8, 4) is 0 Å². The molecule has 0 saturated heterocycles. The largest absolute Gasteiger partial charge is 0.271 e. The maximum Gasteiger partial charge on any atom is 0.0829 e. The maximum atomic E-state index is 5.66. The van der Waals surface area contributed by atoms with Gasteiger partial charge in [-0.1, -0.05) is 37.6 Å². The predicted octanol–water partition coefficient (Wildman–Crippen LogP) is 2.36. The molecule has 0 amide bonds. The minimum Gasteiger partial charge on any atom is -0.271 e. The second-order valence-electron chi connectivity index (χ2n) is 4.93. The minimum atomic E-state index is 0.239. The molecule has 1 unspecified atom stereocenters. The van der Waals surface area contributed by atoms with E-state index in [4.69, 9.17) is 5.84 Å². The van der Waals surface area contributed by atoms with Gasteiger partial charge in [0.2, 0.25) is 0 Å². The molecule has 1 aliphatic rings. The second-order valence-corrected chi connectivity index (χ2v) is 5.71. The van der Waals surface area contributed by atoms with Gasteiger partial charge < -0.3 is 0 Å². The Hall–Kier alpha value is -0.520. The van der Waals surface area contributed by atoms with Gasteiger partial charge in [-0.25, -0.2) is 0 Å². The van der Waals surface area contributed by atoms with E-state index in [9.17, 15) is 0 Å². The molecular formula is C11H20N4S. The van der Waals surface area contributed by atoms with E-state index in [-0.39, 0.29) is 6.04 Å². The van der Waals surface area contributed by atoms with Crippen LogP contribution in [-0.4, -0.2) is 9.59 Å². The van der Waals surface area contributed by atoms with Gasteiger partial charge in [-0.05, 0) is 29.8 Å². The van der Waals surface area contributed by atoms with E-state index >= 15 is 0 Å². The van der Waals surface area contributed by atoms with Gasteiger partial charge in [0, 0.05) is 0 Å². The molecule has 0 aliphatic heterocycles. The van der Waals surface area contributed by atoms with Crippen LogP contribution in [0.25, 0.3) is 0 Å². The third kappa shape index (κ3) is 2.42. The van der Waals surface area contributed by atoms with E-state index in [0.717, 1.165) is 18.0 Å². The molecule has 1 aliphatic carbocycles. The SMILES string of the molecule is CC(C)c1nnsc1C(CC1CCC1)NN. The predicted molar refractivity (Wildman–Crippen MR) is 66.0 cm³/mol. The number of hydrogen-bond acceptors (Lipinski definition) is 5. The van der Waals surface area contributed by atoms with E-state index in [2.05, 4.69) is 28.9 Å². The van der Waals surface area contributed by atoms with Crippen molar-refractivity contribution in [1.29, 1.82) is 0 Å². The summed E-state index contributed by atoms with van der Waals surface area (Å²) in [6.07, 6.45) is 5.20. The highest BCUT2D eigenvalue weighted by Crippen LogP contribution is 2.37. The van der Waals surface area contributed by atoms with Gasteiger partial charge in [-0.3, -0.25) is 11.3 Å². The Bertz CT molecular complexity index is 332. The second kappa shape index (κ2) is 5.21. The average molecular weight is 240 g/mol. The fourth-order valence-electron chi connectivity index (χ4n) is 2.16. The first-order valence-electron chi connectivity index (χ1n) is 6.00. The Morgan fingerprint density at radius 2 is 2.25 bits per heavy atom. The number of hydrazine groups is 1. The van der Waals surface area contributed by atoms with Crippen LogP contribution in [0.4, 0.5) is 0 Å².